The highest BCUT2D eigenvalue weighted by atomic mass is 14.9. The lowest BCUT2D eigenvalue weighted by molar-refractivity contribution is 0.0625. The van der Waals surface area contributed by atoms with E-state index in [4.69, 9.17) is 0 Å². The summed E-state index contributed by atoms with van der Waals surface area (Å²) >= 11 is 0. The van der Waals surface area contributed by atoms with Gasteiger partial charge in [0, 0.05) is 12.6 Å². The molecule has 108 valence electrons. The van der Waals surface area contributed by atoms with Gasteiger partial charge in [-0.15, -0.1) is 0 Å². The minimum absolute atomic E-state index is 0.719. The summed E-state index contributed by atoms with van der Waals surface area (Å²) < 4.78 is 0. The van der Waals surface area contributed by atoms with E-state index in [-0.39, 0.29) is 0 Å². The average molecular weight is 261 g/mol. The Balaban J connectivity index is 1.41. The number of hydrogen-bond acceptors (Lipinski definition) is 1. The van der Waals surface area contributed by atoms with E-state index in [2.05, 4.69) is 5.32 Å². The van der Waals surface area contributed by atoms with Gasteiger partial charge in [-0.05, 0) is 81.0 Å². The lowest BCUT2D eigenvalue weighted by Gasteiger charge is -2.46. The van der Waals surface area contributed by atoms with Gasteiger partial charge in [0.15, 0.2) is 0 Å². The van der Waals surface area contributed by atoms with E-state index >= 15 is 0 Å². The normalized spacial score (nSPS) is 46.4. The molecule has 0 aromatic heterocycles. The van der Waals surface area contributed by atoms with Crippen LogP contribution in [0.2, 0.25) is 0 Å². The van der Waals surface area contributed by atoms with Crippen molar-refractivity contribution in [2.75, 3.05) is 6.54 Å². The van der Waals surface area contributed by atoms with Crippen molar-refractivity contribution in [3.8, 4) is 0 Å². The van der Waals surface area contributed by atoms with Crippen LogP contribution in [0.5, 0.6) is 0 Å². The number of nitrogens with one attached hydrogen (secondary N) is 1. The molecule has 5 fully saturated rings. The van der Waals surface area contributed by atoms with Gasteiger partial charge in [0.2, 0.25) is 0 Å². The van der Waals surface area contributed by atoms with E-state index < -0.39 is 0 Å². The first-order chi connectivity index (χ1) is 9.31. The fourth-order valence-electron chi connectivity index (χ4n) is 6.19. The highest BCUT2D eigenvalue weighted by Crippen LogP contribution is 2.56. The molecule has 1 heteroatoms. The predicted molar refractivity (Wildman–Crippen MR) is 80.1 cm³/mol. The molecular weight excluding hydrogens is 230 g/mol. The van der Waals surface area contributed by atoms with Gasteiger partial charge in [-0.1, -0.05) is 19.3 Å². The second kappa shape index (κ2) is 5.06. The highest BCUT2D eigenvalue weighted by Gasteiger charge is 2.47. The van der Waals surface area contributed by atoms with Gasteiger partial charge in [0.25, 0.3) is 0 Å². The lowest BCUT2D eigenvalue weighted by Crippen LogP contribution is -2.44. The molecule has 0 spiro atoms. The molecule has 2 unspecified atom stereocenters. The molecule has 5 aliphatic rings. The number of fused-ring (bicyclic) bond motifs is 1. The molecule has 19 heavy (non-hydrogen) atoms. The zero-order valence-electron chi connectivity index (χ0n) is 12.5. The summed E-state index contributed by atoms with van der Waals surface area (Å²) in [5.41, 5.74) is 0.719. The molecule has 4 atom stereocenters. The van der Waals surface area contributed by atoms with Crippen LogP contribution in [-0.2, 0) is 0 Å². The van der Waals surface area contributed by atoms with Crippen molar-refractivity contribution in [1.82, 2.24) is 5.32 Å². The molecule has 0 aliphatic heterocycles. The summed E-state index contributed by atoms with van der Waals surface area (Å²) in [6.45, 7) is 1.36. The smallest absolute Gasteiger partial charge is 0.00672 e. The summed E-state index contributed by atoms with van der Waals surface area (Å²) in [7, 11) is 0. The zero-order chi connectivity index (χ0) is 12.7. The summed E-state index contributed by atoms with van der Waals surface area (Å²) in [4.78, 5) is 0. The molecule has 0 saturated heterocycles. The molecule has 4 bridgehead atoms. The van der Waals surface area contributed by atoms with Crippen LogP contribution in [0.4, 0.5) is 0 Å². The van der Waals surface area contributed by atoms with Crippen molar-refractivity contribution in [2.45, 2.75) is 83.1 Å². The van der Waals surface area contributed by atoms with Crippen LogP contribution < -0.4 is 5.32 Å². The van der Waals surface area contributed by atoms with Crippen LogP contribution in [0.15, 0.2) is 0 Å². The molecule has 5 aliphatic carbocycles. The maximum Gasteiger partial charge on any atom is 0.00672 e. The molecular formula is C18H31N. The largest absolute Gasteiger partial charge is 0.313 e. The SMILES string of the molecule is C1CCC(NCC23CCC4C[C@H](C[C@H](C4)C2)C3)CC1. The maximum absolute atomic E-state index is 4.00. The Hall–Kier alpha value is -0.0400. The molecule has 5 saturated carbocycles. The number of rotatable bonds is 3. The van der Waals surface area contributed by atoms with Crippen molar-refractivity contribution >= 4 is 0 Å². The Labute approximate surface area is 118 Å². The van der Waals surface area contributed by atoms with Gasteiger partial charge in [0.1, 0.15) is 0 Å². The third-order valence-electron chi connectivity index (χ3n) is 6.90. The molecule has 0 aromatic carbocycles. The predicted octanol–water partition coefficient (Wildman–Crippen LogP) is 4.52. The third-order valence-corrected chi connectivity index (χ3v) is 6.90. The van der Waals surface area contributed by atoms with Crippen molar-refractivity contribution in [2.24, 2.45) is 23.2 Å². The maximum atomic E-state index is 4.00. The second-order valence-corrected chi connectivity index (χ2v) is 8.47. The van der Waals surface area contributed by atoms with Gasteiger partial charge in [0.05, 0.1) is 0 Å². The lowest BCUT2D eigenvalue weighted by atomic mass is 9.61. The molecule has 0 radical (unpaired) electrons. The fraction of sp³-hybridized carbons (Fsp3) is 1.00. The van der Waals surface area contributed by atoms with E-state index in [0.29, 0.717) is 0 Å². The standard InChI is InChI=1S/C18H31N/c1-2-4-17(5-3-1)19-13-18-7-6-14-8-15(11-18)10-16(9-14)12-18/h14-17,19H,1-13H2/t14?,15-,16+,18?. The minimum Gasteiger partial charge on any atom is -0.313 e. The van der Waals surface area contributed by atoms with E-state index in [1.807, 2.05) is 0 Å². The van der Waals surface area contributed by atoms with Crippen molar-refractivity contribution in [1.29, 1.82) is 0 Å². The van der Waals surface area contributed by atoms with Crippen LogP contribution in [0.1, 0.15) is 77.0 Å². The average Bonchev–Trinajstić information content (AvgIpc) is 2.63. The molecule has 0 aromatic rings. The Morgan fingerprint density at radius 1 is 0.789 bits per heavy atom. The van der Waals surface area contributed by atoms with Crippen LogP contribution in [0.25, 0.3) is 0 Å². The Morgan fingerprint density at radius 2 is 1.47 bits per heavy atom. The summed E-state index contributed by atoms with van der Waals surface area (Å²) in [6, 6.07) is 0.863. The van der Waals surface area contributed by atoms with E-state index in [0.717, 1.165) is 29.2 Å². The fourth-order valence-corrected chi connectivity index (χ4v) is 6.19. The molecule has 1 nitrogen and oxygen atoms in total. The van der Waals surface area contributed by atoms with Gasteiger partial charge >= 0.3 is 0 Å². The summed E-state index contributed by atoms with van der Waals surface area (Å²) in [5.74, 6) is 3.32. The van der Waals surface area contributed by atoms with Gasteiger partial charge in [-0.2, -0.15) is 0 Å². The monoisotopic (exact) mass is 261 g/mol. The van der Waals surface area contributed by atoms with E-state index in [9.17, 15) is 0 Å². The van der Waals surface area contributed by atoms with E-state index in [1.165, 1.54) is 38.6 Å². The van der Waals surface area contributed by atoms with Gasteiger partial charge in [-0.25, -0.2) is 0 Å². The van der Waals surface area contributed by atoms with Crippen LogP contribution in [0.3, 0.4) is 0 Å². The van der Waals surface area contributed by atoms with Crippen molar-refractivity contribution in [3.63, 3.8) is 0 Å². The van der Waals surface area contributed by atoms with Crippen molar-refractivity contribution in [3.05, 3.63) is 0 Å². The molecule has 1 N–H and O–H groups in total. The topological polar surface area (TPSA) is 12.0 Å². The first kappa shape index (κ1) is 12.7. The van der Waals surface area contributed by atoms with Crippen LogP contribution in [-0.4, -0.2) is 12.6 Å². The summed E-state index contributed by atoms with van der Waals surface area (Å²) in [6.07, 6.45) is 18.3. The third kappa shape index (κ3) is 2.60. The first-order valence-corrected chi connectivity index (χ1v) is 9.05. The Kier molecular flexibility index (Phi) is 3.38. The summed E-state index contributed by atoms with van der Waals surface area (Å²) in [5, 5.41) is 4.00. The first-order valence-electron chi connectivity index (χ1n) is 9.05. The van der Waals surface area contributed by atoms with Crippen LogP contribution >= 0.6 is 0 Å². The quantitative estimate of drug-likeness (QED) is 0.788. The second-order valence-electron chi connectivity index (χ2n) is 8.47. The van der Waals surface area contributed by atoms with Crippen molar-refractivity contribution < 1.29 is 0 Å². The molecule has 5 rings (SSSR count). The van der Waals surface area contributed by atoms with Crippen LogP contribution in [0, 0.1) is 23.2 Å². The highest BCUT2D eigenvalue weighted by molar-refractivity contribution is 4.99. The zero-order valence-corrected chi connectivity index (χ0v) is 12.5. The molecule has 0 heterocycles. The minimum atomic E-state index is 0.719. The van der Waals surface area contributed by atoms with Gasteiger partial charge in [-0.3, -0.25) is 0 Å². The van der Waals surface area contributed by atoms with E-state index in [1.54, 1.807) is 44.9 Å². The Morgan fingerprint density at radius 3 is 2.21 bits per heavy atom. The number of hydrogen-bond donors (Lipinski definition) is 1. The van der Waals surface area contributed by atoms with Gasteiger partial charge < -0.3 is 5.32 Å². The Bertz CT molecular complexity index is 304. The molecule has 0 amide bonds.